The zero-order valence-electron chi connectivity index (χ0n) is 9.56. The molecule has 0 radical (unpaired) electrons. The molecule has 2 atom stereocenters. The Hall–Kier alpha value is -0.870. The van der Waals surface area contributed by atoms with E-state index in [1.807, 2.05) is 6.92 Å². The molecule has 4 nitrogen and oxygen atoms in total. The molecule has 0 aromatic heterocycles. The maximum atomic E-state index is 10.6. The van der Waals surface area contributed by atoms with Crippen molar-refractivity contribution in [2.75, 3.05) is 19.7 Å². The van der Waals surface area contributed by atoms with Crippen LogP contribution in [0, 0.1) is 0 Å². The third-order valence-electron chi connectivity index (χ3n) is 2.71. The number of carboxylic acid groups (broad SMARTS) is 1. The fourth-order valence-corrected chi connectivity index (χ4v) is 1.57. The Morgan fingerprint density at radius 2 is 2.27 bits per heavy atom. The average Bonchev–Trinajstić information content (AvgIpc) is 2.18. The molecule has 4 heteroatoms. The van der Waals surface area contributed by atoms with Crippen molar-refractivity contribution in [2.24, 2.45) is 0 Å². The van der Waals surface area contributed by atoms with Gasteiger partial charge in [0, 0.05) is 24.7 Å². The minimum Gasteiger partial charge on any atom is -0.478 e. The number of hydrogen-bond acceptors (Lipinski definition) is 3. The van der Waals surface area contributed by atoms with Gasteiger partial charge in [-0.15, -0.1) is 0 Å². The first-order chi connectivity index (χ1) is 7.00. The number of carboxylic acids is 1. The van der Waals surface area contributed by atoms with Crippen molar-refractivity contribution < 1.29 is 14.6 Å². The molecule has 0 aliphatic carbocycles. The van der Waals surface area contributed by atoms with E-state index in [2.05, 4.69) is 11.8 Å². The first-order valence-corrected chi connectivity index (χ1v) is 5.26. The molecule has 1 saturated heterocycles. The molecule has 0 saturated carbocycles. The minimum atomic E-state index is -0.844. The highest BCUT2D eigenvalue weighted by Crippen LogP contribution is 2.11. The normalized spacial score (nSPS) is 29.1. The number of morpholine rings is 1. The highest BCUT2D eigenvalue weighted by Gasteiger charge is 2.22. The molecule has 86 valence electrons. The second-order valence-corrected chi connectivity index (χ2v) is 4.14. The molecule has 0 spiro atoms. The minimum absolute atomic E-state index is 0.236. The molecule has 0 aromatic rings. The highest BCUT2D eigenvalue weighted by atomic mass is 16.5. The van der Waals surface area contributed by atoms with Gasteiger partial charge in [-0.2, -0.15) is 0 Å². The lowest BCUT2D eigenvalue weighted by Crippen LogP contribution is -2.47. The van der Waals surface area contributed by atoms with Gasteiger partial charge in [-0.3, -0.25) is 4.90 Å². The number of nitrogens with zero attached hydrogens (tertiary/aromatic N) is 1. The summed E-state index contributed by atoms with van der Waals surface area (Å²) in [6.45, 7) is 8.03. The molecule has 1 fully saturated rings. The van der Waals surface area contributed by atoms with Crippen LogP contribution in [-0.2, 0) is 9.53 Å². The second-order valence-electron chi connectivity index (χ2n) is 4.14. The van der Waals surface area contributed by atoms with Gasteiger partial charge in [0.15, 0.2) is 0 Å². The van der Waals surface area contributed by atoms with E-state index in [1.54, 1.807) is 13.0 Å². The Labute approximate surface area is 90.5 Å². The SMILES string of the molecule is CC(=CCN1CC(C)OCC1C)C(=O)O. The summed E-state index contributed by atoms with van der Waals surface area (Å²) in [5.41, 5.74) is 0.404. The van der Waals surface area contributed by atoms with E-state index in [9.17, 15) is 4.79 Å². The van der Waals surface area contributed by atoms with Crippen molar-refractivity contribution in [3.8, 4) is 0 Å². The van der Waals surface area contributed by atoms with E-state index in [0.29, 0.717) is 18.2 Å². The second kappa shape index (κ2) is 5.28. The van der Waals surface area contributed by atoms with Gasteiger partial charge in [0.25, 0.3) is 0 Å². The smallest absolute Gasteiger partial charge is 0.330 e. The van der Waals surface area contributed by atoms with Crippen LogP contribution in [0.2, 0.25) is 0 Å². The average molecular weight is 213 g/mol. The zero-order chi connectivity index (χ0) is 11.4. The van der Waals surface area contributed by atoms with Crippen LogP contribution in [-0.4, -0.2) is 47.8 Å². The van der Waals surface area contributed by atoms with Crippen molar-refractivity contribution in [1.29, 1.82) is 0 Å². The standard InChI is InChI=1S/C11H19NO3/c1-8(11(13)14)4-5-12-6-10(3)15-7-9(12)2/h4,9-10H,5-7H2,1-3H3,(H,13,14). The predicted octanol–water partition coefficient (Wildman–Crippen LogP) is 1.13. The first kappa shape index (κ1) is 12.2. The molecule has 1 heterocycles. The monoisotopic (exact) mass is 213 g/mol. The molecule has 1 aliphatic heterocycles. The molecular formula is C11H19NO3. The predicted molar refractivity (Wildman–Crippen MR) is 57.8 cm³/mol. The molecule has 1 rings (SSSR count). The van der Waals surface area contributed by atoms with Crippen LogP contribution < -0.4 is 0 Å². The van der Waals surface area contributed by atoms with Gasteiger partial charge in [0.05, 0.1) is 12.7 Å². The number of aliphatic carboxylic acids is 1. The fraction of sp³-hybridized carbons (Fsp3) is 0.727. The maximum absolute atomic E-state index is 10.6. The molecule has 15 heavy (non-hydrogen) atoms. The summed E-state index contributed by atoms with van der Waals surface area (Å²) in [5, 5.41) is 8.72. The third-order valence-corrected chi connectivity index (χ3v) is 2.71. The summed E-state index contributed by atoms with van der Waals surface area (Å²) in [6.07, 6.45) is 2.00. The van der Waals surface area contributed by atoms with E-state index < -0.39 is 5.97 Å². The first-order valence-electron chi connectivity index (χ1n) is 5.26. The van der Waals surface area contributed by atoms with E-state index in [1.165, 1.54) is 0 Å². The van der Waals surface area contributed by atoms with Crippen LogP contribution in [0.25, 0.3) is 0 Å². The lowest BCUT2D eigenvalue weighted by molar-refractivity contribution is -0.132. The fourth-order valence-electron chi connectivity index (χ4n) is 1.57. The van der Waals surface area contributed by atoms with Crippen LogP contribution in [0.5, 0.6) is 0 Å². The molecule has 2 unspecified atom stereocenters. The summed E-state index contributed by atoms with van der Waals surface area (Å²) < 4.78 is 5.50. The lowest BCUT2D eigenvalue weighted by atomic mass is 10.2. The topological polar surface area (TPSA) is 49.8 Å². The quantitative estimate of drug-likeness (QED) is 0.714. The van der Waals surface area contributed by atoms with Gasteiger partial charge in [-0.1, -0.05) is 6.08 Å². The Kier molecular flexibility index (Phi) is 4.29. The highest BCUT2D eigenvalue weighted by molar-refractivity contribution is 5.85. The van der Waals surface area contributed by atoms with Crippen molar-refractivity contribution in [1.82, 2.24) is 4.90 Å². The number of rotatable bonds is 3. The van der Waals surface area contributed by atoms with Gasteiger partial charge >= 0.3 is 5.97 Å². The Morgan fingerprint density at radius 1 is 1.60 bits per heavy atom. The molecular weight excluding hydrogens is 194 g/mol. The van der Waals surface area contributed by atoms with Gasteiger partial charge < -0.3 is 9.84 Å². The van der Waals surface area contributed by atoms with E-state index in [0.717, 1.165) is 13.2 Å². The number of hydrogen-bond donors (Lipinski definition) is 1. The van der Waals surface area contributed by atoms with Gasteiger partial charge in [-0.25, -0.2) is 4.79 Å². The summed E-state index contributed by atoms with van der Waals surface area (Å²) in [4.78, 5) is 12.8. The summed E-state index contributed by atoms with van der Waals surface area (Å²) in [7, 11) is 0. The number of ether oxygens (including phenoxy) is 1. The Balaban J connectivity index is 2.49. The maximum Gasteiger partial charge on any atom is 0.330 e. The third kappa shape index (κ3) is 3.64. The van der Waals surface area contributed by atoms with Gasteiger partial charge in [-0.05, 0) is 20.8 Å². The molecule has 0 aromatic carbocycles. The molecule has 0 amide bonds. The van der Waals surface area contributed by atoms with Crippen LogP contribution >= 0.6 is 0 Å². The summed E-state index contributed by atoms with van der Waals surface area (Å²) in [5.74, 6) is -0.844. The van der Waals surface area contributed by atoms with E-state index in [4.69, 9.17) is 9.84 Å². The molecule has 1 aliphatic rings. The van der Waals surface area contributed by atoms with Crippen LogP contribution in [0.15, 0.2) is 11.6 Å². The largest absolute Gasteiger partial charge is 0.478 e. The summed E-state index contributed by atoms with van der Waals surface area (Å²) in [6, 6.07) is 0.360. The van der Waals surface area contributed by atoms with Crippen molar-refractivity contribution in [2.45, 2.75) is 32.9 Å². The van der Waals surface area contributed by atoms with Gasteiger partial charge in [0.2, 0.25) is 0 Å². The van der Waals surface area contributed by atoms with E-state index >= 15 is 0 Å². The zero-order valence-corrected chi connectivity index (χ0v) is 9.56. The number of carbonyl (C=O) groups is 1. The Bertz CT molecular complexity index is 263. The van der Waals surface area contributed by atoms with Crippen molar-refractivity contribution in [3.63, 3.8) is 0 Å². The summed E-state index contributed by atoms with van der Waals surface area (Å²) >= 11 is 0. The lowest BCUT2D eigenvalue weighted by Gasteiger charge is -2.36. The Morgan fingerprint density at radius 3 is 2.87 bits per heavy atom. The van der Waals surface area contributed by atoms with Crippen molar-refractivity contribution >= 4 is 5.97 Å². The van der Waals surface area contributed by atoms with Crippen molar-refractivity contribution in [3.05, 3.63) is 11.6 Å². The van der Waals surface area contributed by atoms with Crippen LogP contribution in [0.1, 0.15) is 20.8 Å². The van der Waals surface area contributed by atoms with Crippen LogP contribution in [0.4, 0.5) is 0 Å². The van der Waals surface area contributed by atoms with Crippen LogP contribution in [0.3, 0.4) is 0 Å². The molecule has 1 N–H and O–H groups in total. The van der Waals surface area contributed by atoms with E-state index in [-0.39, 0.29) is 6.10 Å². The molecule has 0 bridgehead atoms. The van der Waals surface area contributed by atoms with Gasteiger partial charge in [0.1, 0.15) is 0 Å².